The summed E-state index contributed by atoms with van der Waals surface area (Å²) in [7, 11) is 0. The lowest BCUT2D eigenvalue weighted by molar-refractivity contribution is -0.137. The van der Waals surface area contributed by atoms with Crippen LogP contribution in [0.15, 0.2) is 66.9 Å². The van der Waals surface area contributed by atoms with Gasteiger partial charge in [-0.2, -0.15) is 13.2 Å². The minimum atomic E-state index is -4.41. The number of hydrogen-bond acceptors (Lipinski definition) is 4. The maximum absolute atomic E-state index is 12.9. The third-order valence-corrected chi connectivity index (χ3v) is 5.27. The molecule has 0 aliphatic rings. The maximum Gasteiger partial charge on any atom is 0.416 e. The highest BCUT2D eigenvalue weighted by Crippen LogP contribution is 2.30. The molecule has 7 nitrogen and oxygen atoms in total. The number of amides is 1. The van der Waals surface area contributed by atoms with E-state index in [1.165, 1.54) is 6.07 Å². The second-order valence-corrected chi connectivity index (χ2v) is 7.73. The van der Waals surface area contributed by atoms with Gasteiger partial charge in [0.1, 0.15) is 23.7 Å². The fourth-order valence-corrected chi connectivity index (χ4v) is 3.57. The fraction of sp³-hybridized carbons (Fsp3) is 0.125. The zero-order valence-electron chi connectivity index (χ0n) is 17.8. The molecule has 1 amide bonds. The van der Waals surface area contributed by atoms with E-state index in [1.807, 2.05) is 29.5 Å². The third-order valence-electron chi connectivity index (χ3n) is 5.27. The molecule has 2 N–H and O–H groups in total. The monoisotopic (exact) mass is 465 g/mol. The molecule has 0 aliphatic heterocycles. The number of aryl methyl sites for hydroxylation is 1. The van der Waals surface area contributed by atoms with Gasteiger partial charge in [-0.15, -0.1) is 0 Å². The summed E-state index contributed by atoms with van der Waals surface area (Å²) in [6.45, 7) is 1.89. The van der Waals surface area contributed by atoms with Crippen LogP contribution in [0.4, 0.5) is 19.1 Å². The number of fused-ring (bicyclic) bond motifs is 2. The average molecular weight is 465 g/mol. The Kier molecular flexibility index (Phi) is 5.20. The summed E-state index contributed by atoms with van der Waals surface area (Å²) in [6.07, 6.45) is -2.75. The van der Waals surface area contributed by atoms with Gasteiger partial charge in [0, 0.05) is 18.0 Å². The first-order valence-corrected chi connectivity index (χ1v) is 10.3. The minimum absolute atomic E-state index is 0.0310. The van der Waals surface area contributed by atoms with Crippen molar-refractivity contribution in [3.05, 3.63) is 89.4 Å². The number of imidazole rings is 2. The lowest BCUT2D eigenvalue weighted by Gasteiger charge is -2.10. The number of hydrogen-bond donors (Lipinski definition) is 2. The molecule has 0 saturated heterocycles. The Hall–Kier alpha value is -4.34. The number of aromatic nitrogens is 4. The summed E-state index contributed by atoms with van der Waals surface area (Å²) in [5.74, 6) is 0.261. The molecule has 10 heteroatoms. The van der Waals surface area contributed by atoms with Crippen LogP contribution in [0.3, 0.4) is 0 Å². The van der Waals surface area contributed by atoms with E-state index in [1.54, 1.807) is 30.5 Å². The number of aromatic amines is 1. The number of carbonyl (C=O) groups excluding carboxylic acids is 1. The van der Waals surface area contributed by atoms with Gasteiger partial charge in [0.25, 0.3) is 5.91 Å². The molecular formula is C24H18F3N5O2. The van der Waals surface area contributed by atoms with Gasteiger partial charge in [-0.1, -0.05) is 18.2 Å². The second kappa shape index (κ2) is 8.22. The molecule has 0 aliphatic carbocycles. The molecule has 0 bridgehead atoms. The van der Waals surface area contributed by atoms with E-state index >= 15 is 0 Å². The van der Waals surface area contributed by atoms with Gasteiger partial charge in [0.15, 0.2) is 0 Å². The quantitative estimate of drug-likeness (QED) is 0.366. The van der Waals surface area contributed by atoms with E-state index in [0.29, 0.717) is 28.0 Å². The van der Waals surface area contributed by atoms with Crippen LogP contribution in [-0.2, 0) is 12.8 Å². The number of H-pyrrole nitrogens is 1. The number of anilines is 1. The number of nitrogens with zero attached hydrogens (tertiary/aromatic N) is 3. The number of carbonyl (C=O) groups is 1. The van der Waals surface area contributed by atoms with Crippen LogP contribution in [0.5, 0.6) is 5.75 Å². The SMILES string of the molecule is Cc1cccc2nc(C(=O)Nc3nc4cc(OCc5cccc(C(F)(F)F)c5)ccc4[nH]3)cn12. The topological polar surface area (TPSA) is 84.3 Å². The predicted molar refractivity (Wildman–Crippen MR) is 120 cm³/mol. The highest BCUT2D eigenvalue weighted by Gasteiger charge is 2.30. The van der Waals surface area contributed by atoms with E-state index in [0.717, 1.165) is 17.8 Å². The van der Waals surface area contributed by atoms with E-state index in [2.05, 4.69) is 20.3 Å². The molecule has 0 spiro atoms. The van der Waals surface area contributed by atoms with Gasteiger partial charge in [-0.05, 0) is 48.9 Å². The lowest BCUT2D eigenvalue weighted by atomic mass is 10.1. The van der Waals surface area contributed by atoms with Crippen molar-refractivity contribution < 1.29 is 22.7 Å². The van der Waals surface area contributed by atoms with Crippen molar-refractivity contribution in [2.45, 2.75) is 19.7 Å². The first-order valence-electron chi connectivity index (χ1n) is 10.3. The van der Waals surface area contributed by atoms with Crippen LogP contribution >= 0.6 is 0 Å². The zero-order valence-corrected chi connectivity index (χ0v) is 17.8. The summed E-state index contributed by atoms with van der Waals surface area (Å²) in [5.41, 5.74) is 2.72. The van der Waals surface area contributed by atoms with E-state index < -0.39 is 17.6 Å². The summed E-state index contributed by atoms with van der Waals surface area (Å²) < 4.78 is 46.1. The minimum Gasteiger partial charge on any atom is -0.489 e. The number of benzene rings is 2. The molecule has 0 saturated carbocycles. The van der Waals surface area contributed by atoms with Crippen LogP contribution in [0.2, 0.25) is 0 Å². The van der Waals surface area contributed by atoms with E-state index in [-0.39, 0.29) is 18.2 Å². The van der Waals surface area contributed by atoms with E-state index in [4.69, 9.17) is 4.74 Å². The molecule has 5 aromatic rings. The Morgan fingerprint density at radius 1 is 1.09 bits per heavy atom. The average Bonchev–Trinajstić information content (AvgIpc) is 3.41. The Morgan fingerprint density at radius 3 is 2.71 bits per heavy atom. The first kappa shape index (κ1) is 21.5. The molecular weight excluding hydrogens is 447 g/mol. The molecule has 0 radical (unpaired) electrons. The van der Waals surface area contributed by atoms with Gasteiger partial charge < -0.3 is 14.1 Å². The summed E-state index contributed by atoms with van der Waals surface area (Å²) in [5, 5.41) is 2.70. The van der Waals surface area contributed by atoms with Crippen molar-refractivity contribution in [1.82, 2.24) is 19.4 Å². The van der Waals surface area contributed by atoms with Crippen LogP contribution in [0, 0.1) is 6.92 Å². The van der Waals surface area contributed by atoms with Gasteiger partial charge in [0.2, 0.25) is 5.95 Å². The summed E-state index contributed by atoms with van der Waals surface area (Å²) >= 11 is 0. The van der Waals surface area contributed by atoms with Crippen molar-refractivity contribution >= 4 is 28.5 Å². The highest BCUT2D eigenvalue weighted by atomic mass is 19.4. The Labute approximate surface area is 191 Å². The molecule has 3 aromatic heterocycles. The molecule has 3 heterocycles. The molecule has 0 atom stereocenters. The Morgan fingerprint density at radius 2 is 1.91 bits per heavy atom. The molecule has 0 fully saturated rings. The normalized spacial score (nSPS) is 11.8. The van der Waals surface area contributed by atoms with Crippen molar-refractivity contribution in [3.8, 4) is 5.75 Å². The largest absolute Gasteiger partial charge is 0.489 e. The second-order valence-electron chi connectivity index (χ2n) is 7.73. The standard InChI is InChI=1S/C24H18F3N5O2/c1-14-4-2-7-21-28-20(12-32(14)21)22(33)31-23-29-18-9-8-17(11-19(18)30-23)34-13-15-5-3-6-16(10-15)24(25,26)27/h2-12H,13H2,1H3,(H2,29,30,31,33). The molecule has 172 valence electrons. The lowest BCUT2D eigenvalue weighted by Crippen LogP contribution is -2.13. The highest BCUT2D eigenvalue weighted by molar-refractivity contribution is 6.03. The van der Waals surface area contributed by atoms with Gasteiger partial charge >= 0.3 is 6.18 Å². The fourth-order valence-electron chi connectivity index (χ4n) is 3.57. The smallest absolute Gasteiger partial charge is 0.416 e. The number of rotatable bonds is 5. The summed E-state index contributed by atoms with van der Waals surface area (Å²) in [6, 6.07) is 15.6. The van der Waals surface area contributed by atoms with E-state index in [9.17, 15) is 18.0 Å². The van der Waals surface area contributed by atoms with Gasteiger partial charge in [-0.25, -0.2) is 9.97 Å². The van der Waals surface area contributed by atoms with Crippen molar-refractivity contribution in [2.24, 2.45) is 0 Å². The summed E-state index contributed by atoms with van der Waals surface area (Å²) in [4.78, 5) is 24.3. The number of alkyl halides is 3. The number of ether oxygens (including phenoxy) is 1. The Bertz CT molecular complexity index is 1520. The predicted octanol–water partition coefficient (Wildman–Crippen LogP) is 5.37. The Balaban J connectivity index is 1.30. The number of nitrogens with one attached hydrogen (secondary N) is 2. The van der Waals surface area contributed by atoms with Crippen molar-refractivity contribution in [1.29, 1.82) is 0 Å². The third kappa shape index (κ3) is 4.29. The van der Waals surface area contributed by atoms with Crippen LogP contribution < -0.4 is 10.1 Å². The van der Waals surface area contributed by atoms with Crippen LogP contribution in [0.1, 0.15) is 27.3 Å². The molecule has 5 rings (SSSR count). The van der Waals surface area contributed by atoms with Crippen molar-refractivity contribution in [2.75, 3.05) is 5.32 Å². The first-order chi connectivity index (χ1) is 16.3. The zero-order chi connectivity index (χ0) is 23.9. The van der Waals surface area contributed by atoms with Crippen LogP contribution in [0.25, 0.3) is 16.7 Å². The maximum atomic E-state index is 12.9. The molecule has 2 aromatic carbocycles. The van der Waals surface area contributed by atoms with Gasteiger partial charge in [0.05, 0.1) is 16.6 Å². The van der Waals surface area contributed by atoms with Gasteiger partial charge in [-0.3, -0.25) is 10.1 Å². The molecule has 34 heavy (non-hydrogen) atoms. The van der Waals surface area contributed by atoms with Crippen molar-refractivity contribution in [3.63, 3.8) is 0 Å². The molecule has 0 unspecified atom stereocenters. The number of halogens is 3. The number of pyridine rings is 1. The van der Waals surface area contributed by atoms with Crippen LogP contribution in [-0.4, -0.2) is 25.3 Å².